The molecule has 1 atom stereocenters. The van der Waals surface area contributed by atoms with E-state index in [2.05, 4.69) is 10.6 Å². The number of carbonyl (C=O) groups excluding carboxylic acids is 2. The van der Waals surface area contributed by atoms with Crippen LogP contribution in [0.4, 0.5) is 0 Å². The molecule has 0 amide bonds. The minimum absolute atomic E-state index is 0.267. The molecule has 3 rings (SSSR count). The lowest BCUT2D eigenvalue weighted by atomic mass is 10.0. The van der Waals surface area contributed by atoms with E-state index in [1.54, 1.807) is 50.2 Å². The molecular weight excluding hydrogens is 380 g/mol. The number of allylic oxidation sites excluding steroid dienone is 1. The Labute approximate surface area is 167 Å². The second kappa shape index (κ2) is 8.26. The molecule has 2 heterocycles. The van der Waals surface area contributed by atoms with Gasteiger partial charge in [0.2, 0.25) is 0 Å². The molecule has 8 heteroatoms. The third kappa shape index (κ3) is 3.91. The minimum Gasteiger partial charge on any atom is -0.465 e. The number of furan rings is 1. The maximum atomic E-state index is 12.4. The van der Waals surface area contributed by atoms with Crippen LogP contribution in [0.15, 0.2) is 52.1 Å². The van der Waals surface area contributed by atoms with Crippen molar-refractivity contribution >= 4 is 29.3 Å². The van der Waals surface area contributed by atoms with Gasteiger partial charge in [-0.1, -0.05) is 12.1 Å². The zero-order valence-corrected chi connectivity index (χ0v) is 16.5. The van der Waals surface area contributed by atoms with Gasteiger partial charge >= 0.3 is 11.9 Å². The van der Waals surface area contributed by atoms with Gasteiger partial charge in [0.15, 0.2) is 5.11 Å². The highest BCUT2D eigenvalue weighted by atomic mass is 32.1. The number of thiocarbonyl (C=S) groups is 1. The Bertz CT molecular complexity index is 946. The largest absolute Gasteiger partial charge is 0.465 e. The van der Waals surface area contributed by atoms with Gasteiger partial charge in [-0.3, -0.25) is 0 Å². The average Bonchev–Trinajstić information content (AvgIpc) is 3.17. The van der Waals surface area contributed by atoms with Gasteiger partial charge in [0.25, 0.3) is 0 Å². The van der Waals surface area contributed by atoms with Crippen LogP contribution in [-0.2, 0) is 14.3 Å². The summed E-state index contributed by atoms with van der Waals surface area (Å²) in [4.78, 5) is 24.0. The fourth-order valence-corrected chi connectivity index (χ4v) is 3.21. The molecule has 146 valence electrons. The number of esters is 2. The first-order valence-corrected chi connectivity index (χ1v) is 9.09. The lowest BCUT2D eigenvalue weighted by Crippen LogP contribution is -2.45. The summed E-state index contributed by atoms with van der Waals surface area (Å²) in [5.41, 5.74) is 2.27. The van der Waals surface area contributed by atoms with Crippen LogP contribution in [0.1, 0.15) is 36.0 Å². The van der Waals surface area contributed by atoms with Crippen molar-refractivity contribution in [1.82, 2.24) is 10.6 Å². The molecule has 0 radical (unpaired) electrons. The Morgan fingerprint density at radius 1 is 1.14 bits per heavy atom. The zero-order chi connectivity index (χ0) is 20.3. The van der Waals surface area contributed by atoms with E-state index in [9.17, 15) is 9.59 Å². The SMILES string of the molecule is CCOC(=O)C1=C(C)NC(=S)N[C@H]1c1ccc(-c2ccc(C(=O)OC)cc2)o1. The van der Waals surface area contributed by atoms with Crippen LogP contribution in [0.3, 0.4) is 0 Å². The molecule has 1 aliphatic heterocycles. The maximum Gasteiger partial charge on any atom is 0.338 e. The van der Waals surface area contributed by atoms with E-state index in [1.807, 2.05) is 0 Å². The standard InChI is InChI=1S/C20H20N2O5S/c1-4-26-19(24)16-11(2)21-20(28)22-17(16)15-10-9-14(27-15)12-5-7-13(8-6-12)18(23)25-3/h5-10,17H,4H2,1-3H3,(H2,21,22,28)/t17-/m0/s1. The minimum atomic E-state index is -0.559. The molecule has 0 aliphatic carbocycles. The van der Waals surface area contributed by atoms with Gasteiger partial charge in [-0.2, -0.15) is 0 Å². The molecular formula is C20H20N2O5S. The predicted octanol–water partition coefficient (Wildman–Crippen LogP) is 3.09. The first-order chi connectivity index (χ1) is 13.4. The summed E-state index contributed by atoms with van der Waals surface area (Å²) in [7, 11) is 1.34. The summed E-state index contributed by atoms with van der Waals surface area (Å²) in [5.74, 6) is 0.281. The zero-order valence-electron chi connectivity index (χ0n) is 15.7. The van der Waals surface area contributed by atoms with E-state index in [4.69, 9.17) is 26.1 Å². The summed E-state index contributed by atoms with van der Waals surface area (Å²) in [5, 5.41) is 6.40. The molecule has 0 bridgehead atoms. The number of benzene rings is 1. The average molecular weight is 400 g/mol. The van der Waals surface area contributed by atoms with Crippen LogP contribution in [0, 0.1) is 0 Å². The van der Waals surface area contributed by atoms with Crippen LogP contribution in [-0.4, -0.2) is 30.8 Å². The van der Waals surface area contributed by atoms with Crippen molar-refractivity contribution in [2.24, 2.45) is 0 Å². The topological polar surface area (TPSA) is 89.8 Å². The second-order valence-electron chi connectivity index (χ2n) is 6.06. The number of hydrogen-bond donors (Lipinski definition) is 2. The maximum absolute atomic E-state index is 12.4. The predicted molar refractivity (Wildman–Crippen MR) is 106 cm³/mol. The van der Waals surface area contributed by atoms with Crippen LogP contribution in [0.2, 0.25) is 0 Å². The quantitative estimate of drug-likeness (QED) is 0.585. The number of methoxy groups -OCH3 is 1. The number of carbonyl (C=O) groups is 2. The molecule has 2 aromatic rings. The molecule has 28 heavy (non-hydrogen) atoms. The van der Waals surface area contributed by atoms with Crippen LogP contribution < -0.4 is 10.6 Å². The highest BCUT2D eigenvalue weighted by Crippen LogP contribution is 2.32. The summed E-state index contributed by atoms with van der Waals surface area (Å²) in [6.45, 7) is 3.78. The lowest BCUT2D eigenvalue weighted by molar-refractivity contribution is -0.139. The summed E-state index contributed by atoms with van der Waals surface area (Å²) >= 11 is 5.22. The van der Waals surface area contributed by atoms with E-state index in [0.29, 0.717) is 33.5 Å². The first kappa shape index (κ1) is 19.6. The molecule has 0 fully saturated rings. The fraction of sp³-hybridized carbons (Fsp3) is 0.250. The molecule has 1 aliphatic rings. The fourth-order valence-electron chi connectivity index (χ4n) is 2.94. The van der Waals surface area contributed by atoms with Crippen LogP contribution in [0.25, 0.3) is 11.3 Å². The molecule has 0 spiro atoms. The van der Waals surface area contributed by atoms with E-state index >= 15 is 0 Å². The number of ether oxygens (including phenoxy) is 2. The third-order valence-electron chi connectivity index (χ3n) is 4.27. The normalized spacial score (nSPS) is 16.2. The van der Waals surface area contributed by atoms with Gasteiger partial charge in [-0.05, 0) is 50.3 Å². The molecule has 0 unspecified atom stereocenters. The van der Waals surface area contributed by atoms with Gasteiger partial charge in [0.1, 0.15) is 17.6 Å². The number of rotatable bonds is 5. The number of nitrogens with one attached hydrogen (secondary N) is 2. The van der Waals surface area contributed by atoms with Gasteiger partial charge in [-0.25, -0.2) is 9.59 Å². The molecule has 0 saturated heterocycles. The van der Waals surface area contributed by atoms with Gasteiger partial charge < -0.3 is 24.5 Å². The van der Waals surface area contributed by atoms with Gasteiger partial charge in [0, 0.05) is 11.3 Å². The second-order valence-corrected chi connectivity index (χ2v) is 6.47. The third-order valence-corrected chi connectivity index (χ3v) is 4.49. The van der Waals surface area contributed by atoms with Crippen molar-refractivity contribution in [3.63, 3.8) is 0 Å². The highest BCUT2D eigenvalue weighted by molar-refractivity contribution is 7.80. The highest BCUT2D eigenvalue weighted by Gasteiger charge is 2.33. The van der Waals surface area contributed by atoms with E-state index in [1.165, 1.54) is 7.11 Å². The van der Waals surface area contributed by atoms with Crippen LogP contribution >= 0.6 is 12.2 Å². The van der Waals surface area contributed by atoms with Crippen molar-refractivity contribution in [1.29, 1.82) is 0 Å². The Balaban J connectivity index is 1.91. The van der Waals surface area contributed by atoms with E-state index < -0.39 is 18.0 Å². The van der Waals surface area contributed by atoms with Gasteiger partial charge in [-0.15, -0.1) is 0 Å². The Kier molecular flexibility index (Phi) is 5.79. The molecule has 1 aromatic carbocycles. The first-order valence-electron chi connectivity index (χ1n) is 8.68. The lowest BCUT2D eigenvalue weighted by Gasteiger charge is -2.28. The van der Waals surface area contributed by atoms with Crippen molar-refractivity contribution in [2.45, 2.75) is 19.9 Å². The Hall–Kier alpha value is -3.13. The Morgan fingerprint density at radius 3 is 2.50 bits per heavy atom. The molecule has 7 nitrogen and oxygen atoms in total. The number of hydrogen-bond acceptors (Lipinski definition) is 6. The van der Waals surface area contributed by atoms with Gasteiger partial charge in [0.05, 0.1) is 24.9 Å². The summed E-state index contributed by atoms with van der Waals surface area (Å²) in [6, 6.07) is 9.88. The van der Waals surface area contributed by atoms with E-state index in [0.717, 1.165) is 5.56 Å². The summed E-state index contributed by atoms with van der Waals surface area (Å²) < 4.78 is 15.9. The van der Waals surface area contributed by atoms with E-state index in [-0.39, 0.29) is 6.61 Å². The van der Waals surface area contributed by atoms with Crippen LogP contribution in [0.5, 0.6) is 0 Å². The Morgan fingerprint density at radius 2 is 1.86 bits per heavy atom. The molecule has 0 saturated carbocycles. The van der Waals surface area contributed by atoms with Crippen molar-refractivity contribution < 1.29 is 23.5 Å². The van der Waals surface area contributed by atoms with Crippen molar-refractivity contribution in [3.8, 4) is 11.3 Å². The molecule has 2 N–H and O–H groups in total. The molecule has 1 aromatic heterocycles. The van der Waals surface area contributed by atoms with Crippen molar-refractivity contribution in [2.75, 3.05) is 13.7 Å². The van der Waals surface area contributed by atoms with Crippen molar-refractivity contribution in [3.05, 3.63) is 59.0 Å². The summed E-state index contributed by atoms with van der Waals surface area (Å²) in [6.07, 6.45) is 0. The monoisotopic (exact) mass is 400 g/mol. The smallest absolute Gasteiger partial charge is 0.338 e.